The fourth-order valence-electron chi connectivity index (χ4n) is 1.04. The molecule has 0 N–H and O–H groups in total. The van der Waals surface area contributed by atoms with Gasteiger partial charge in [0.05, 0.1) is 0 Å². The van der Waals surface area contributed by atoms with E-state index < -0.39 is 0 Å². The summed E-state index contributed by atoms with van der Waals surface area (Å²) in [4.78, 5) is 14.7. The van der Waals surface area contributed by atoms with Gasteiger partial charge in [-0.2, -0.15) is 0 Å². The molecule has 0 aliphatic heterocycles. The minimum Gasteiger partial charge on any atom is -0.296 e. The molecule has 68 valence electrons. The first kappa shape index (κ1) is 10.1. The molecule has 0 bridgehead atoms. The molecule has 3 heteroatoms. The molecule has 0 radical (unpaired) electrons. The lowest BCUT2D eigenvalue weighted by Gasteiger charge is -2.02. The van der Waals surface area contributed by atoms with Crippen LogP contribution in [-0.2, 0) is 0 Å². The van der Waals surface area contributed by atoms with Crippen LogP contribution in [0.15, 0.2) is 16.6 Å². The first-order chi connectivity index (χ1) is 6.19. The molecule has 13 heavy (non-hydrogen) atoms. The number of hydrogen-bond donors (Lipinski definition) is 0. The van der Waals surface area contributed by atoms with E-state index in [0.29, 0.717) is 5.69 Å². The van der Waals surface area contributed by atoms with Crippen molar-refractivity contribution in [2.45, 2.75) is 13.8 Å². The Balaban J connectivity index is 3.27. The van der Waals surface area contributed by atoms with E-state index in [4.69, 9.17) is 0 Å². The third-order valence-corrected chi connectivity index (χ3v) is 2.33. The van der Waals surface area contributed by atoms with Crippen molar-refractivity contribution in [3.8, 4) is 0 Å². The Bertz CT molecular complexity index is 358. The van der Waals surface area contributed by atoms with Gasteiger partial charge >= 0.3 is 0 Å². The number of nitrogens with zero attached hydrogens (tertiary/aromatic N) is 1. The van der Waals surface area contributed by atoms with Crippen LogP contribution in [0.1, 0.15) is 28.7 Å². The second-order valence-corrected chi connectivity index (χ2v) is 3.50. The quantitative estimate of drug-likeness (QED) is 0.743. The van der Waals surface area contributed by atoms with Crippen molar-refractivity contribution in [3.05, 3.63) is 33.6 Å². The predicted octanol–water partition coefficient (Wildman–Crippen LogP) is 3.00. The van der Waals surface area contributed by atoms with Crippen LogP contribution in [0.5, 0.6) is 0 Å². The van der Waals surface area contributed by atoms with Gasteiger partial charge in [-0.25, -0.2) is 4.98 Å². The molecule has 1 rings (SSSR count). The van der Waals surface area contributed by atoms with Crippen molar-refractivity contribution in [1.29, 1.82) is 0 Å². The number of pyridine rings is 1. The third-order valence-electron chi connectivity index (χ3n) is 1.69. The van der Waals surface area contributed by atoms with Gasteiger partial charge in [-0.05, 0) is 41.4 Å². The molecular weight excluding hydrogens is 230 g/mol. The first-order valence-corrected chi connectivity index (χ1v) is 4.73. The minimum atomic E-state index is 0.450. The monoisotopic (exact) mass is 239 g/mol. The topological polar surface area (TPSA) is 30.0 Å². The SMILES string of the molecule is C/C=C\c1cc(Br)c(C=O)nc1C. The highest BCUT2D eigenvalue weighted by Gasteiger charge is 2.03. The normalized spacial score (nSPS) is 10.7. The van der Waals surface area contributed by atoms with Crippen LogP contribution in [0.2, 0.25) is 0 Å². The average molecular weight is 240 g/mol. The second kappa shape index (κ2) is 4.33. The van der Waals surface area contributed by atoms with Crippen molar-refractivity contribution < 1.29 is 4.79 Å². The molecule has 0 aromatic carbocycles. The molecule has 0 atom stereocenters. The Morgan fingerprint density at radius 2 is 2.23 bits per heavy atom. The Morgan fingerprint density at radius 1 is 1.54 bits per heavy atom. The summed E-state index contributed by atoms with van der Waals surface area (Å²) in [5, 5.41) is 0. The first-order valence-electron chi connectivity index (χ1n) is 3.94. The third kappa shape index (κ3) is 2.25. The highest BCUT2D eigenvalue weighted by atomic mass is 79.9. The minimum absolute atomic E-state index is 0.450. The van der Waals surface area contributed by atoms with Crippen LogP contribution >= 0.6 is 15.9 Å². The van der Waals surface area contributed by atoms with Gasteiger partial charge in [-0.1, -0.05) is 12.2 Å². The molecule has 0 amide bonds. The number of carbonyl (C=O) groups excluding carboxylic acids is 1. The number of aldehydes is 1. The van der Waals surface area contributed by atoms with E-state index in [-0.39, 0.29) is 0 Å². The number of aryl methyl sites for hydroxylation is 1. The molecule has 0 spiro atoms. The number of carbonyl (C=O) groups is 1. The van der Waals surface area contributed by atoms with Crippen LogP contribution in [0.25, 0.3) is 6.08 Å². The maximum atomic E-state index is 10.5. The number of hydrogen-bond acceptors (Lipinski definition) is 2. The molecule has 0 aliphatic rings. The molecular formula is C10H10BrNO. The van der Waals surface area contributed by atoms with Gasteiger partial charge in [0, 0.05) is 10.2 Å². The van der Waals surface area contributed by atoms with Gasteiger partial charge in [0.25, 0.3) is 0 Å². The van der Waals surface area contributed by atoms with Gasteiger partial charge in [-0.3, -0.25) is 4.79 Å². The smallest absolute Gasteiger partial charge is 0.169 e. The fourth-order valence-corrected chi connectivity index (χ4v) is 1.47. The second-order valence-electron chi connectivity index (χ2n) is 2.65. The summed E-state index contributed by atoms with van der Waals surface area (Å²) in [7, 11) is 0. The van der Waals surface area contributed by atoms with Gasteiger partial charge in [0.2, 0.25) is 0 Å². The van der Waals surface area contributed by atoms with Gasteiger partial charge < -0.3 is 0 Å². The summed E-state index contributed by atoms with van der Waals surface area (Å²) in [6.45, 7) is 3.83. The number of rotatable bonds is 2. The molecule has 2 nitrogen and oxygen atoms in total. The number of halogens is 1. The molecule has 1 heterocycles. The maximum Gasteiger partial charge on any atom is 0.169 e. The molecule has 0 fully saturated rings. The molecule has 0 saturated heterocycles. The summed E-state index contributed by atoms with van der Waals surface area (Å²) in [6.07, 6.45) is 4.65. The van der Waals surface area contributed by atoms with E-state index in [1.54, 1.807) is 0 Å². The van der Waals surface area contributed by atoms with E-state index in [9.17, 15) is 4.79 Å². The highest BCUT2D eigenvalue weighted by Crippen LogP contribution is 2.18. The van der Waals surface area contributed by atoms with E-state index in [1.807, 2.05) is 32.1 Å². The largest absolute Gasteiger partial charge is 0.296 e. The van der Waals surface area contributed by atoms with E-state index in [0.717, 1.165) is 22.0 Å². The Hall–Kier alpha value is -0.960. The summed E-state index contributed by atoms with van der Waals surface area (Å²) in [6, 6.07) is 1.89. The molecule has 1 aromatic rings. The van der Waals surface area contributed by atoms with Crippen LogP contribution in [0.3, 0.4) is 0 Å². The Morgan fingerprint density at radius 3 is 2.77 bits per heavy atom. The fraction of sp³-hybridized carbons (Fsp3) is 0.200. The van der Waals surface area contributed by atoms with Crippen molar-refractivity contribution in [3.63, 3.8) is 0 Å². The zero-order chi connectivity index (χ0) is 9.84. The van der Waals surface area contributed by atoms with E-state index in [1.165, 1.54) is 0 Å². The summed E-state index contributed by atoms with van der Waals surface area (Å²) in [5.41, 5.74) is 2.34. The van der Waals surface area contributed by atoms with Crippen molar-refractivity contribution in [1.82, 2.24) is 4.98 Å². The predicted molar refractivity (Wildman–Crippen MR) is 56.8 cm³/mol. The summed E-state index contributed by atoms with van der Waals surface area (Å²) >= 11 is 3.28. The average Bonchev–Trinajstić information content (AvgIpc) is 2.11. The van der Waals surface area contributed by atoms with E-state index >= 15 is 0 Å². The zero-order valence-electron chi connectivity index (χ0n) is 7.54. The van der Waals surface area contributed by atoms with Gasteiger partial charge in [0.15, 0.2) is 6.29 Å². The molecule has 0 unspecified atom stereocenters. The maximum absolute atomic E-state index is 10.5. The van der Waals surface area contributed by atoms with Crippen LogP contribution < -0.4 is 0 Å². The van der Waals surface area contributed by atoms with Crippen LogP contribution in [0, 0.1) is 6.92 Å². The Kier molecular flexibility index (Phi) is 3.37. The zero-order valence-corrected chi connectivity index (χ0v) is 9.13. The number of allylic oxidation sites excluding steroid dienone is 1. The van der Waals surface area contributed by atoms with Crippen molar-refractivity contribution in [2.24, 2.45) is 0 Å². The van der Waals surface area contributed by atoms with Gasteiger partial charge in [0.1, 0.15) is 5.69 Å². The van der Waals surface area contributed by atoms with Crippen molar-refractivity contribution in [2.75, 3.05) is 0 Å². The molecule has 1 aromatic heterocycles. The molecule has 0 aliphatic carbocycles. The Labute approximate surface area is 85.8 Å². The van der Waals surface area contributed by atoms with Gasteiger partial charge in [-0.15, -0.1) is 0 Å². The van der Waals surface area contributed by atoms with Crippen LogP contribution in [-0.4, -0.2) is 11.3 Å². The highest BCUT2D eigenvalue weighted by molar-refractivity contribution is 9.10. The summed E-state index contributed by atoms with van der Waals surface area (Å²) < 4.78 is 0.737. The van der Waals surface area contributed by atoms with Crippen LogP contribution in [0.4, 0.5) is 0 Å². The lowest BCUT2D eigenvalue weighted by atomic mass is 10.2. The lowest BCUT2D eigenvalue weighted by molar-refractivity contribution is 0.111. The summed E-state index contributed by atoms with van der Waals surface area (Å²) in [5.74, 6) is 0. The lowest BCUT2D eigenvalue weighted by Crippen LogP contribution is -1.94. The van der Waals surface area contributed by atoms with E-state index in [2.05, 4.69) is 20.9 Å². The molecule has 0 saturated carbocycles. The standard InChI is InChI=1S/C10H10BrNO/c1-3-4-8-5-9(11)10(6-13)12-7(8)2/h3-6H,1-2H3/b4-3-. The number of aromatic nitrogens is 1. The van der Waals surface area contributed by atoms with Crippen molar-refractivity contribution >= 4 is 28.3 Å².